The lowest BCUT2D eigenvalue weighted by molar-refractivity contribution is 0.0630. The first-order valence-corrected chi connectivity index (χ1v) is 8.77. The Morgan fingerprint density at radius 2 is 2.05 bits per heavy atom. The number of rotatable bonds is 3. The third kappa shape index (κ3) is 3.13. The highest BCUT2D eigenvalue weighted by atomic mass is 79.9. The largest absolute Gasteiger partial charge is 0.336 e. The van der Waals surface area contributed by atoms with Crippen LogP contribution in [-0.2, 0) is 0 Å². The quantitative estimate of drug-likeness (QED) is 0.875. The zero-order chi connectivity index (χ0) is 15.0. The number of nitrogens with zero attached hydrogens (tertiary/aromatic N) is 1. The molecule has 0 aliphatic carbocycles. The van der Waals surface area contributed by atoms with Crippen LogP contribution in [0.5, 0.6) is 0 Å². The highest BCUT2D eigenvalue weighted by molar-refractivity contribution is 9.10. The minimum atomic E-state index is 0.104. The Hall–Kier alpha value is -0.580. The standard InChI is InChI=1S/C16H20BrClN2O/c1-2-20(13-8-11-4-5-12(9-13)19-11)16(21)14-6-3-10(18)7-15(14)17/h3,6-7,11-13,19H,2,4-5,8-9H2,1H3. The number of piperidine rings is 1. The van der Waals surface area contributed by atoms with Gasteiger partial charge >= 0.3 is 0 Å². The number of amides is 1. The second kappa shape index (κ2) is 6.27. The highest BCUT2D eigenvalue weighted by Crippen LogP contribution is 2.31. The Bertz CT molecular complexity index is 539. The van der Waals surface area contributed by atoms with Crippen molar-refractivity contribution in [1.29, 1.82) is 0 Å². The molecule has 1 aromatic rings. The van der Waals surface area contributed by atoms with Crippen LogP contribution in [0.2, 0.25) is 5.02 Å². The zero-order valence-corrected chi connectivity index (χ0v) is 14.5. The van der Waals surface area contributed by atoms with Crippen molar-refractivity contribution in [3.8, 4) is 0 Å². The summed E-state index contributed by atoms with van der Waals surface area (Å²) in [6.07, 6.45) is 4.64. The molecule has 2 aliphatic heterocycles. The van der Waals surface area contributed by atoms with Gasteiger partial charge in [0.1, 0.15) is 0 Å². The van der Waals surface area contributed by atoms with Crippen molar-refractivity contribution in [2.24, 2.45) is 0 Å². The Labute approximate surface area is 139 Å². The van der Waals surface area contributed by atoms with Crippen LogP contribution in [0.3, 0.4) is 0 Å². The Morgan fingerprint density at radius 3 is 2.62 bits per heavy atom. The van der Waals surface area contributed by atoms with Crippen LogP contribution in [-0.4, -0.2) is 35.5 Å². The number of hydrogen-bond acceptors (Lipinski definition) is 2. The third-order valence-electron chi connectivity index (χ3n) is 4.65. The molecule has 0 aromatic heterocycles. The van der Waals surface area contributed by atoms with Crippen LogP contribution in [0.15, 0.2) is 22.7 Å². The predicted octanol–water partition coefficient (Wildman–Crippen LogP) is 3.85. The molecular weight excluding hydrogens is 352 g/mol. The summed E-state index contributed by atoms with van der Waals surface area (Å²) in [6.45, 7) is 2.81. The van der Waals surface area contributed by atoms with Crippen LogP contribution in [0.1, 0.15) is 43.0 Å². The normalized spacial score (nSPS) is 27.7. The molecule has 2 bridgehead atoms. The monoisotopic (exact) mass is 370 g/mol. The van der Waals surface area contributed by atoms with Crippen molar-refractivity contribution in [3.05, 3.63) is 33.3 Å². The van der Waals surface area contributed by atoms with Gasteiger partial charge in [-0.1, -0.05) is 11.6 Å². The molecule has 1 aromatic carbocycles. The van der Waals surface area contributed by atoms with Gasteiger partial charge in [-0.15, -0.1) is 0 Å². The fraction of sp³-hybridized carbons (Fsp3) is 0.562. The van der Waals surface area contributed by atoms with Crippen molar-refractivity contribution in [2.75, 3.05) is 6.54 Å². The van der Waals surface area contributed by atoms with Crippen molar-refractivity contribution in [1.82, 2.24) is 10.2 Å². The summed E-state index contributed by atoms with van der Waals surface area (Å²) < 4.78 is 0.773. The second-order valence-electron chi connectivity index (χ2n) is 5.98. The van der Waals surface area contributed by atoms with Gasteiger partial charge < -0.3 is 10.2 Å². The second-order valence-corrected chi connectivity index (χ2v) is 7.27. The van der Waals surface area contributed by atoms with E-state index in [-0.39, 0.29) is 5.91 Å². The maximum absolute atomic E-state index is 12.9. The van der Waals surface area contributed by atoms with Crippen LogP contribution in [0, 0.1) is 0 Å². The fourth-order valence-electron chi connectivity index (χ4n) is 3.67. The number of fused-ring (bicyclic) bond motifs is 2. The molecule has 21 heavy (non-hydrogen) atoms. The van der Waals surface area contributed by atoms with Gasteiger partial charge in [0.15, 0.2) is 0 Å². The molecule has 2 heterocycles. The molecule has 0 radical (unpaired) electrons. The lowest BCUT2D eigenvalue weighted by atomic mass is 9.97. The molecular formula is C16H20BrClN2O. The molecule has 0 saturated carbocycles. The molecule has 3 nitrogen and oxygen atoms in total. The summed E-state index contributed by atoms with van der Waals surface area (Å²) in [5, 5.41) is 4.27. The lowest BCUT2D eigenvalue weighted by Gasteiger charge is -2.37. The Balaban J connectivity index is 1.80. The lowest BCUT2D eigenvalue weighted by Crippen LogP contribution is -2.50. The molecule has 0 spiro atoms. The van der Waals surface area contributed by atoms with Crippen molar-refractivity contribution in [2.45, 2.75) is 50.7 Å². The SMILES string of the molecule is CCN(C(=O)c1ccc(Cl)cc1Br)C1CC2CCC(C1)N2. The van der Waals surface area contributed by atoms with Gasteiger partial charge in [0.05, 0.1) is 5.56 Å². The van der Waals surface area contributed by atoms with E-state index in [1.54, 1.807) is 12.1 Å². The van der Waals surface area contributed by atoms with Gasteiger partial charge in [0.25, 0.3) is 5.91 Å². The summed E-state index contributed by atoms with van der Waals surface area (Å²) >= 11 is 9.43. The molecule has 2 atom stereocenters. The number of carbonyl (C=O) groups is 1. The summed E-state index contributed by atoms with van der Waals surface area (Å²) in [5.41, 5.74) is 0.701. The molecule has 3 rings (SSSR count). The molecule has 2 fully saturated rings. The highest BCUT2D eigenvalue weighted by Gasteiger charge is 2.37. The average molecular weight is 372 g/mol. The first kappa shape index (κ1) is 15.3. The number of halogens is 2. The van der Waals surface area contributed by atoms with E-state index in [1.165, 1.54) is 12.8 Å². The van der Waals surface area contributed by atoms with E-state index in [0.717, 1.165) is 23.9 Å². The summed E-state index contributed by atoms with van der Waals surface area (Å²) in [7, 11) is 0. The fourth-order valence-corrected chi connectivity index (χ4v) is 4.52. The Morgan fingerprint density at radius 1 is 1.38 bits per heavy atom. The smallest absolute Gasteiger partial charge is 0.255 e. The van der Waals surface area contributed by atoms with Crippen LogP contribution < -0.4 is 5.32 Å². The average Bonchev–Trinajstić information content (AvgIpc) is 2.78. The number of nitrogens with one attached hydrogen (secondary N) is 1. The Kier molecular flexibility index (Phi) is 4.57. The molecule has 2 unspecified atom stereocenters. The van der Waals surface area contributed by atoms with E-state index < -0.39 is 0 Å². The van der Waals surface area contributed by atoms with Crippen LogP contribution in [0.25, 0.3) is 0 Å². The van der Waals surface area contributed by atoms with Crippen molar-refractivity contribution < 1.29 is 4.79 Å². The molecule has 2 aliphatic rings. The van der Waals surface area contributed by atoms with Crippen LogP contribution in [0.4, 0.5) is 0 Å². The number of carbonyl (C=O) groups excluding carboxylic acids is 1. The molecule has 1 amide bonds. The minimum Gasteiger partial charge on any atom is -0.336 e. The summed E-state index contributed by atoms with van der Waals surface area (Å²) in [5.74, 6) is 0.104. The topological polar surface area (TPSA) is 32.3 Å². The van der Waals surface area contributed by atoms with E-state index in [0.29, 0.717) is 28.7 Å². The summed E-state index contributed by atoms with van der Waals surface area (Å²) in [4.78, 5) is 14.9. The zero-order valence-electron chi connectivity index (χ0n) is 12.1. The van der Waals surface area contributed by atoms with Gasteiger partial charge in [0.2, 0.25) is 0 Å². The van der Waals surface area contributed by atoms with Gasteiger partial charge in [-0.05, 0) is 66.7 Å². The predicted molar refractivity (Wildman–Crippen MR) is 88.8 cm³/mol. The van der Waals surface area contributed by atoms with E-state index in [1.807, 2.05) is 11.0 Å². The van der Waals surface area contributed by atoms with E-state index in [4.69, 9.17) is 11.6 Å². The molecule has 5 heteroatoms. The first-order valence-electron chi connectivity index (χ1n) is 7.60. The summed E-state index contributed by atoms with van der Waals surface area (Å²) in [6, 6.07) is 6.90. The molecule has 1 N–H and O–H groups in total. The third-order valence-corrected chi connectivity index (χ3v) is 5.54. The molecule has 114 valence electrons. The van der Waals surface area contributed by atoms with Gasteiger partial charge in [-0.3, -0.25) is 4.79 Å². The van der Waals surface area contributed by atoms with Crippen molar-refractivity contribution >= 4 is 33.4 Å². The van der Waals surface area contributed by atoms with Gasteiger partial charge in [-0.25, -0.2) is 0 Å². The maximum Gasteiger partial charge on any atom is 0.255 e. The van der Waals surface area contributed by atoms with E-state index in [9.17, 15) is 4.79 Å². The molecule has 2 saturated heterocycles. The van der Waals surface area contributed by atoms with Gasteiger partial charge in [-0.2, -0.15) is 0 Å². The van der Waals surface area contributed by atoms with Crippen LogP contribution >= 0.6 is 27.5 Å². The van der Waals surface area contributed by atoms with E-state index >= 15 is 0 Å². The van der Waals surface area contributed by atoms with E-state index in [2.05, 4.69) is 28.2 Å². The van der Waals surface area contributed by atoms with Gasteiger partial charge in [0, 0.05) is 34.2 Å². The number of hydrogen-bond donors (Lipinski definition) is 1. The van der Waals surface area contributed by atoms with Crippen molar-refractivity contribution in [3.63, 3.8) is 0 Å². The maximum atomic E-state index is 12.9. The minimum absolute atomic E-state index is 0.104. The number of benzene rings is 1. The first-order chi connectivity index (χ1) is 10.1.